The van der Waals surface area contributed by atoms with E-state index in [0.29, 0.717) is 6.54 Å². The molecule has 0 spiro atoms. The highest BCUT2D eigenvalue weighted by molar-refractivity contribution is 5.79. The number of hydrogen-bond acceptors (Lipinski definition) is 6. The maximum Gasteiger partial charge on any atom is 0.332 e. The van der Waals surface area contributed by atoms with Crippen molar-refractivity contribution < 1.29 is 9.90 Å². The number of nitrogens with zero attached hydrogens (tertiary/aromatic N) is 2. The number of aliphatic hydroxyl groups is 1. The minimum absolute atomic E-state index is 0.0202. The number of hydrogen-bond donors (Lipinski definition) is 4. The molecule has 0 aliphatic heterocycles. The lowest BCUT2D eigenvalue weighted by molar-refractivity contribution is -0.125. The third-order valence-electron chi connectivity index (χ3n) is 3.12. The van der Waals surface area contributed by atoms with E-state index in [9.17, 15) is 19.5 Å². The second kappa shape index (κ2) is 6.93. The highest BCUT2D eigenvalue weighted by Gasteiger charge is 2.17. The van der Waals surface area contributed by atoms with Crippen molar-refractivity contribution in [3.05, 3.63) is 20.8 Å². The lowest BCUT2D eigenvalue weighted by Gasteiger charge is -2.16. The van der Waals surface area contributed by atoms with Crippen molar-refractivity contribution in [3.63, 3.8) is 0 Å². The molecule has 118 valence electrons. The van der Waals surface area contributed by atoms with E-state index in [4.69, 9.17) is 11.5 Å². The summed E-state index contributed by atoms with van der Waals surface area (Å²) in [6, 6.07) is 0. The van der Waals surface area contributed by atoms with Crippen LogP contribution >= 0.6 is 0 Å². The van der Waals surface area contributed by atoms with Gasteiger partial charge < -0.3 is 21.9 Å². The molecule has 1 heterocycles. The smallest absolute Gasteiger partial charge is 0.332 e. The van der Waals surface area contributed by atoms with Crippen molar-refractivity contribution in [2.45, 2.75) is 32.4 Å². The molecule has 0 aromatic carbocycles. The number of nitrogen functional groups attached to an aromatic ring is 1. The van der Waals surface area contributed by atoms with Crippen LogP contribution in [0.3, 0.4) is 0 Å². The van der Waals surface area contributed by atoms with Gasteiger partial charge in [-0.15, -0.1) is 0 Å². The van der Waals surface area contributed by atoms with E-state index in [0.717, 1.165) is 17.4 Å². The second-order valence-electron chi connectivity index (χ2n) is 4.71. The molecule has 0 saturated carbocycles. The molecule has 0 bridgehead atoms. The lowest BCUT2D eigenvalue weighted by Crippen LogP contribution is -2.42. The van der Waals surface area contributed by atoms with Crippen LogP contribution in [0.2, 0.25) is 0 Å². The Kier molecular flexibility index (Phi) is 5.53. The Morgan fingerprint density at radius 1 is 1.43 bits per heavy atom. The number of nitrogens with two attached hydrogens (primary N) is 2. The van der Waals surface area contributed by atoms with Crippen LogP contribution in [-0.2, 0) is 18.4 Å². The summed E-state index contributed by atoms with van der Waals surface area (Å²) in [5.41, 5.74) is 9.61. The maximum atomic E-state index is 12.0. The van der Waals surface area contributed by atoms with Crippen molar-refractivity contribution in [3.8, 4) is 0 Å². The van der Waals surface area contributed by atoms with Crippen LogP contribution in [0.25, 0.3) is 0 Å². The van der Waals surface area contributed by atoms with Gasteiger partial charge in [0.05, 0.1) is 6.54 Å². The molecule has 1 unspecified atom stereocenters. The molecule has 0 aliphatic carbocycles. The predicted molar refractivity (Wildman–Crippen MR) is 79.0 cm³/mol. The fraction of sp³-hybridized carbons (Fsp3) is 0.583. The molecule has 0 saturated heterocycles. The molecule has 1 amide bonds. The molecule has 1 aromatic rings. The molecule has 9 heteroatoms. The summed E-state index contributed by atoms with van der Waals surface area (Å²) < 4.78 is 2.20. The van der Waals surface area contributed by atoms with Crippen LogP contribution in [0, 0.1) is 0 Å². The summed E-state index contributed by atoms with van der Waals surface area (Å²) in [5.74, 6) is -0.939. The number of rotatable bonds is 7. The van der Waals surface area contributed by atoms with Crippen LogP contribution in [0.1, 0.15) is 19.8 Å². The SMILES string of the molecule is CCCCn1c(N)c(NCC(O)C(N)=O)c(=O)n(C)c1=O. The third kappa shape index (κ3) is 3.63. The van der Waals surface area contributed by atoms with E-state index in [1.165, 1.54) is 11.6 Å². The van der Waals surface area contributed by atoms with E-state index in [2.05, 4.69) is 5.32 Å². The van der Waals surface area contributed by atoms with Crippen molar-refractivity contribution >= 4 is 17.4 Å². The zero-order valence-corrected chi connectivity index (χ0v) is 12.1. The third-order valence-corrected chi connectivity index (χ3v) is 3.12. The predicted octanol–water partition coefficient (Wildman–Crippen LogP) is -1.81. The normalized spacial score (nSPS) is 12.1. The second-order valence-corrected chi connectivity index (χ2v) is 4.71. The van der Waals surface area contributed by atoms with Crippen LogP contribution in [0.15, 0.2) is 9.59 Å². The molecule has 0 aliphatic rings. The Balaban J connectivity index is 3.19. The first-order valence-electron chi connectivity index (χ1n) is 6.61. The summed E-state index contributed by atoms with van der Waals surface area (Å²) >= 11 is 0. The van der Waals surface area contributed by atoms with Gasteiger partial charge in [-0.05, 0) is 6.42 Å². The Morgan fingerprint density at radius 3 is 2.57 bits per heavy atom. The zero-order chi connectivity index (χ0) is 16.2. The quantitative estimate of drug-likeness (QED) is 0.467. The number of aliphatic hydroxyl groups excluding tert-OH is 1. The fourth-order valence-electron chi connectivity index (χ4n) is 1.78. The Hall–Kier alpha value is -2.29. The van der Waals surface area contributed by atoms with Crippen LogP contribution in [0.4, 0.5) is 11.5 Å². The Morgan fingerprint density at radius 2 is 2.05 bits per heavy atom. The lowest BCUT2D eigenvalue weighted by atomic mass is 10.3. The molecule has 0 radical (unpaired) electrons. The molecule has 1 atom stereocenters. The number of primary amides is 1. The topological polar surface area (TPSA) is 145 Å². The van der Waals surface area contributed by atoms with Crippen LogP contribution in [-0.4, -0.2) is 32.8 Å². The van der Waals surface area contributed by atoms with Gasteiger partial charge in [0.15, 0.2) is 0 Å². The van der Waals surface area contributed by atoms with E-state index in [1.807, 2.05) is 6.92 Å². The first-order valence-corrected chi connectivity index (χ1v) is 6.61. The zero-order valence-electron chi connectivity index (χ0n) is 12.1. The average Bonchev–Trinajstić information content (AvgIpc) is 2.44. The van der Waals surface area contributed by atoms with Crippen LogP contribution in [0.5, 0.6) is 0 Å². The van der Waals surface area contributed by atoms with Crippen molar-refractivity contribution in [2.24, 2.45) is 12.8 Å². The first-order chi connectivity index (χ1) is 9.81. The first kappa shape index (κ1) is 16.8. The summed E-state index contributed by atoms with van der Waals surface area (Å²) in [7, 11) is 1.34. The van der Waals surface area contributed by atoms with E-state index in [1.54, 1.807) is 0 Å². The van der Waals surface area contributed by atoms with Gasteiger partial charge in [0.25, 0.3) is 5.56 Å². The standard InChI is InChI=1S/C12H21N5O4/c1-3-4-5-17-9(13)8(11(20)16(2)12(17)21)15-6-7(18)10(14)19/h7,15,18H,3-6,13H2,1-2H3,(H2,14,19). The van der Waals surface area contributed by atoms with Gasteiger partial charge >= 0.3 is 5.69 Å². The van der Waals surface area contributed by atoms with Crippen molar-refractivity contribution in [1.29, 1.82) is 0 Å². The van der Waals surface area contributed by atoms with Crippen LogP contribution < -0.4 is 28.0 Å². The number of unbranched alkanes of at least 4 members (excludes halogenated alkanes) is 1. The minimum Gasteiger partial charge on any atom is -0.383 e. The van der Waals surface area contributed by atoms with Gasteiger partial charge in [-0.1, -0.05) is 13.3 Å². The Labute approximate surface area is 121 Å². The fourth-order valence-corrected chi connectivity index (χ4v) is 1.78. The summed E-state index contributed by atoms with van der Waals surface area (Å²) in [5, 5.41) is 11.9. The van der Waals surface area contributed by atoms with Crippen molar-refractivity contribution in [2.75, 3.05) is 17.6 Å². The van der Waals surface area contributed by atoms with E-state index < -0.39 is 23.3 Å². The van der Waals surface area contributed by atoms with Gasteiger partial charge in [-0.25, -0.2) is 4.79 Å². The molecule has 6 N–H and O–H groups in total. The van der Waals surface area contributed by atoms with Gasteiger partial charge in [-0.2, -0.15) is 0 Å². The maximum absolute atomic E-state index is 12.0. The highest BCUT2D eigenvalue weighted by atomic mass is 16.3. The van der Waals surface area contributed by atoms with Gasteiger partial charge in [-0.3, -0.25) is 18.7 Å². The highest BCUT2D eigenvalue weighted by Crippen LogP contribution is 2.11. The molecular weight excluding hydrogens is 278 g/mol. The van der Waals surface area contributed by atoms with E-state index in [-0.39, 0.29) is 18.1 Å². The summed E-state index contributed by atoms with van der Waals surface area (Å²) in [4.78, 5) is 34.8. The molecular formula is C12H21N5O4. The van der Waals surface area contributed by atoms with Crippen molar-refractivity contribution in [1.82, 2.24) is 9.13 Å². The number of carbonyl (C=O) groups is 1. The number of aromatic nitrogens is 2. The van der Waals surface area contributed by atoms with Gasteiger partial charge in [0, 0.05) is 13.6 Å². The molecule has 1 rings (SSSR count). The minimum atomic E-state index is -1.45. The molecule has 9 nitrogen and oxygen atoms in total. The molecule has 0 fully saturated rings. The monoisotopic (exact) mass is 299 g/mol. The molecule has 21 heavy (non-hydrogen) atoms. The number of anilines is 2. The summed E-state index contributed by atoms with van der Waals surface area (Å²) in [6.07, 6.45) is 0.133. The Bertz CT molecular complexity index is 634. The van der Waals surface area contributed by atoms with Gasteiger partial charge in [0.1, 0.15) is 17.6 Å². The summed E-state index contributed by atoms with van der Waals surface area (Å²) in [6.45, 7) is 2.08. The largest absolute Gasteiger partial charge is 0.383 e. The number of carbonyl (C=O) groups excluding carboxylic acids is 1. The number of nitrogens with one attached hydrogen (secondary N) is 1. The van der Waals surface area contributed by atoms with Gasteiger partial charge in [0.2, 0.25) is 5.91 Å². The number of amides is 1. The molecule has 1 aromatic heterocycles. The van der Waals surface area contributed by atoms with E-state index >= 15 is 0 Å². The average molecular weight is 299 g/mol.